The lowest BCUT2D eigenvalue weighted by Gasteiger charge is -2.22. The van der Waals surface area contributed by atoms with E-state index in [2.05, 4.69) is 49.7 Å². The largest absolute Gasteiger partial charge is 0.381 e. The van der Waals surface area contributed by atoms with Gasteiger partial charge in [0.25, 0.3) is 0 Å². The summed E-state index contributed by atoms with van der Waals surface area (Å²) in [5.41, 5.74) is 1.32. The summed E-state index contributed by atoms with van der Waals surface area (Å²) in [5, 5.41) is 10.3. The smallest absolute Gasteiger partial charge is 0.317 e. The van der Waals surface area contributed by atoms with Gasteiger partial charge >= 0.3 is 6.03 Å². The number of amides is 2. The summed E-state index contributed by atoms with van der Waals surface area (Å²) in [7, 11) is 0. The van der Waals surface area contributed by atoms with Gasteiger partial charge in [-0.15, -0.1) is 0 Å². The Balaban J connectivity index is 1.23. The highest BCUT2D eigenvalue weighted by molar-refractivity contribution is 5.74. The molecular weight excluding hydrogens is 368 g/mol. The number of ether oxygens (including phenoxy) is 1. The molecule has 0 saturated carbocycles. The second-order valence-corrected chi connectivity index (χ2v) is 7.79. The Morgan fingerprint density at radius 1 is 1.14 bits per heavy atom. The first-order chi connectivity index (χ1) is 14.3. The maximum absolute atomic E-state index is 12.6. The molecule has 1 aromatic carbocycles. The van der Waals surface area contributed by atoms with Crippen LogP contribution in [0.3, 0.4) is 0 Å². The third-order valence-corrected chi connectivity index (χ3v) is 5.67. The quantitative estimate of drug-likeness (QED) is 0.806. The maximum Gasteiger partial charge on any atom is 0.317 e. The molecule has 0 unspecified atom stereocenters. The van der Waals surface area contributed by atoms with Gasteiger partial charge in [0.15, 0.2) is 5.82 Å². The van der Waals surface area contributed by atoms with E-state index < -0.39 is 0 Å². The SMILES string of the molecule is O=C(NCc1nc(C2CCOCC2)n[nH]1)N1CCCN(Cc2ccccc2)CC1. The zero-order chi connectivity index (χ0) is 19.9. The minimum atomic E-state index is -0.0319. The van der Waals surface area contributed by atoms with E-state index in [1.807, 2.05) is 11.0 Å². The first kappa shape index (κ1) is 19.8. The molecule has 3 heterocycles. The van der Waals surface area contributed by atoms with Crippen molar-refractivity contribution in [2.24, 2.45) is 0 Å². The Hall–Kier alpha value is -2.45. The van der Waals surface area contributed by atoms with Gasteiger partial charge in [-0.2, -0.15) is 5.10 Å². The van der Waals surface area contributed by atoms with Crippen molar-refractivity contribution in [3.63, 3.8) is 0 Å². The number of H-pyrrole nitrogens is 1. The van der Waals surface area contributed by atoms with Crippen molar-refractivity contribution >= 4 is 6.03 Å². The normalized spacial score (nSPS) is 19.1. The second-order valence-electron chi connectivity index (χ2n) is 7.79. The van der Waals surface area contributed by atoms with Crippen molar-refractivity contribution in [2.75, 3.05) is 39.4 Å². The van der Waals surface area contributed by atoms with Gasteiger partial charge in [-0.25, -0.2) is 9.78 Å². The van der Waals surface area contributed by atoms with Gasteiger partial charge in [-0.3, -0.25) is 10.00 Å². The zero-order valence-electron chi connectivity index (χ0n) is 16.8. The number of urea groups is 1. The van der Waals surface area contributed by atoms with Crippen LogP contribution in [0.15, 0.2) is 30.3 Å². The van der Waals surface area contributed by atoms with Gasteiger partial charge in [0.05, 0.1) is 6.54 Å². The third-order valence-electron chi connectivity index (χ3n) is 5.67. The maximum atomic E-state index is 12.6. The number of rotatable bonds is 5. The molecule has 2 N–H and O–H groups in total. The van der Waals surface area contributed by atoms with Crippen LogP contribution in [0.1, 0.15) is 42.4 Å². The molecule has 2 saturated heterocycles. The number of nitrogens with one attached hydrogen (secondary N) is 2. The van der Waals surface area contributed by atoms with Crippen LogP contribution < -0.4 is 5.32 Å². The van der Waals surface area contributed by atoms with Crippen molar-refractivity contribution in [3.05, 3.63) is 47.5 Å². The molecule has 2 aliphatic heterocycles. The van der Waals surface area contributed by atoms with Gasteiger partial charge in [0.2, 0.25) is 0 Å². The molecule has 4 rings (SSSR count). The fraction of sp³-hybridized carbons (Fsp3) is 0.571. The summed E-state index contributed by atoms with van der Waals surface area (Å²) in [5.74, 6) is 1.90. The first-order valence-corrected chi connectivity index (χ1v) is 10.6. The summed E-state index contributed by atoms with van der Waals surface area (Å²) in [4.78, 5) is 21.5. The summed E-state index contributed by atoms with van der Waals surface area (Å²) < 4.78 is 5.39. The fourth-order valence-corrected chi connectivity index (χ4v) is 3.97. The predicted octanol–water partition coefficient (Wildman–Crippen LogP) is 2.12. The summed E-state index contributed by atoms with van der Waals surface area (Å²) >= 11 is 0. The van der Waals surface area contributed by atoms with E-state index in [-0.39, 0.29) is 6.03 Å². The Morgan fingerprint density at radius 3 is 2.79 bits per heavy atom. The van der Waals surface area contributed by atoms with Crippen LogP contribution in [0.4, 0.5) is 4.79 Å². The molecule has 2 aliphatic rings. The van der Waals surface area contributed by atoms with E-state index in [1.165, 1.54) is 5.56 Å². The molecule has 0 atom stereocenters. The lowest BCUT2D eigenvalue weighted by molar-refractivity contribution is 0.0836. The van der Waals surface area contributed by atoms with Crippen LogP contribution in [0.25, 0.3) is 0 Å². The number of hydrogen-bond donors (Lipinski definition) is 2. The zero-order valence-corrected chi connectivity index (χ0v) is 16.8. The van der Waals surface area contributed by atoms with Crippen molar-refractivity contribution in [1.82, 2.24) is 30.3 Å². The van der Waals surface area contributed by atoms with Gasteiger partial charge in [-0.05, 0) is 24.8 Å². The van der Waals surface area contributed by atoms with E-state index in [4.69, 9.17) is 4.74 Å². The number of benzene rings is 1. The highest BCUT2D eigenvalue weighted by Crippen LogP contribution is 2.23. The number of carbonyl (C=O) groups excluding carboxylic acids is 1. The third kappa shape index (κ3) is 5.55. The van der Waals surface area contributed by atoms with Gasteiger partial charge in [0, 0.05) is 51.9 Å². The summed E-state index contributed by atoms with van der Waals surface area (Å²) in [6.07, 6.45) is 2.89. The highest BCUT2D eigenvalue weighted by atomic mass is 16.5. The number of carbonyl (C=O) groups is 1. The van der Waals surface area contributed by atoms with Crippen molar-refractivity contribution in [1.29, 1.82) is 0 Å². The van der Waals surface area contributed by atoms with E-state index in [9.17, 15) is 4.79 Å². The van der Waals surface area contributed by atoms with E-state index in [0.717, 1.165) is 71.0 Å². The molecule has 29 heavy (non-hydrogen) atoms. The molecule has 0 bridgehead atoms. The summed E-state index contributed by atoms with van der Waals surface area (Å²) in [6.45, 7) is 6.25. The van der Waals surface area contributed by atoms with Gasteiger partial charge < -0.3 is 15.0 Å². The standard InChI is InChI=1S/C21H30N6O2/c28-21(22-15-19-23-20(25-24-19)18-7-13-29-14-8-18)27-10-4-9-26(11-12-27)16-17-5-2-1-3-6-17/h1-3,5-6,18H,4,7-16H2,(H,22,28)(H,23,24,25). The number of nitrogens with zero attached hydrogens (tertiary/aromatic N) is 4. The van der Waals surface area contributed by atoms with E-state index >= 15 is 0 Å². The molecular formula is C21H30N6O2. The van der Waals surface area contributed by atoms with Crippen molar-refractivity contribution in [2.45, 2.75) is 38.3 Å². The number of aromatic amines is 1. The second kappa shape index (κ2) is 9.84. The van der Waals surface area contributed by atoms with Gasteiger partial charge in [0.1, 0.15) is 5.82 Å². The topological polar surface area (TPSA) is 86.4 Å². The number of hydrogen-bond acceptors (Lipinski definition) is 5. The van der Waals surface area contributed by atoms with Crippen LogP contribution in [0, 0.1) is 0 Å². The van der Waals surface area contributed by atoms with Crippen molar-refractivity contribution < 1.29 is 9.53 Å². The molecule has 156 valence electrons. The van der Waals surface area contributed by atoms with E-state index in [1.54, 1.807) is 0 Å². The minimum Gasteiger partial charge on any atom is -0.381 e. The summed E-state index contributed by atoms with van der Waals surface area (Å²) in [6, 6.07) is 10.5. The molecule has 2 amide bonds. The van der Waals surface area contributed by atoms with Crippen LogP contribution in [0.5, 0.6) is 0 Å². The van der Waals surface area contributed by atoms with Crippen LogP contribution in [0.2, 0.25) is 0 Å². The monoisotopic (exact) mass is 398 g/mol. The molecule has 1 aromatic heterocycles. The molecule has 0 spiro atoms. The predicted molar refractivity (Wildman–Crippen MR) is 109 cm³/mol. The average Bonchev–Trinajstić information content (AvgIpc) is 3.12. The fourth-order valence-electron chi connectivity index (χ4n) is 3.97. The Morgan fingerprint density at radius 2 is 1.97 bits per heavy atom. The molecule has 8 heteroatoms. The van der Waals surface area contributed by atoms with Gasteiger partial charge in [-0.1, -0.05) is 30.3 Å². The van der Waals surface area contributed by atoms with Crippen molar-refractivity contribution in [3.8, 4) is 0 Å². The molecule has 2 fully saturated rings. The Kier molecular flexibility index (Phi) is 6.74. The van der Waals surface area contributed by atoms with Crippen LogP contribution in [-0.4, -0.2) is 70.4 Å². The van der Waals surface area contributed by atoms with E-state index in [0.29, 0.717) is 18.3 Å². The number of aromatic nitrogens is 3. The first-order valence-electron chi connectivity index (χ1n) is 10.6. The highest BCUT2D eigenvalue weighted by Gasteiger charge is 2.21. The lowest BCUT2D eigenvalue weighted by Crippen LogP contribution is -2.41. The minimum absolute atomic E-state index is 0.0319. The molecule has 0 aliphatic carbocycles. The lowest BCUT2D eigenvalue weighted by atomic mass is 10.00. The molecule has 0 radical (unpaired) electrons. The Labute approximate surface area is 171 Å². The molecule has 8 nitrogen and oxygen atoms in total. The van der Waals surface area contributed by atoms with Crippen LogP contribution in [-0.2, 0) is 17.8 Å². The van der Waals surface area contributed by atoms with Crippen LogP contribution >= 0.6 is 0 Å². The molecule has 2 aromatic rings. The average molecular weight is 399 g/mol. The Bertz CT molecular complexity index is 774.